The fraction of sp³-hybridized carbons (Fsp3) is 0.190. The van der Waals surface area contributed by atoms with Crippen LogP contribution in [0.15, 0.2) is 59.8 Å². The summed E-state index contributed by atoms with van der Waals surface area (Å²) < 4.78 is 34.0. The van der Waals surface area contributed by atoms with E-state index in [0.717, 1.165) is 0 Å². The molecule has 0 saturated heterocycles. The van der Waals surface area contributed by atoms with E-state index in [9.17, 15) is 13.6 Å². The predicted octanol–water partition coefficient (Wildman–Crippen LogP) is 4.08. The molecule has 148 valence electrons. The van der Waals surface area contributed by atoms with Crippen LogP contribution in [0.2, 0.25) is 0 Å². The van der Waals surface area contributed by atoms with Gasteiger partial charge in [-0.25, -0.2) is 18.3 Å². The van der Waals surface area contributed by atoms with E-state index in [-0.39, 0.29) is 12.4 Å². The van der Waals surface area contributed by atoms with Crippen molar-refractivity contribution in [3.05, 3.63) is 77.0 Å². The molecule has 1 N–H and O–H groups in total. The topological polar surface area (TPSA) is 69.0 Å². The van der Waals surface area contributed by atoms with Gasteiger partial charge in [-0.2, -0.15) is 4.98 Å². The lowest BCUT2D eigenvalue weighted by Gasteiger charge is -2.28. The van der Waals surface area contributed by atoms with E-state index in [0.29, 0.717) is 34.2 Å². The van der Waals surface area contributed by atoms with E-state index in [1.807, 2.05) is 0 Å². The summed E-state index contributed by atoms with van der Waals surface area (Å²) in [6, 6.07) is 11.0. The zero-order chi connectivity index (χ0) is 20.5. The third-order valence-electron chi connectivity index (χ3n) is 4.61. The molecular formula is C21H18F2N4O2. The van der Waals surface area contributed by atoms with Gasteiger partial charge in [0.1, 0.15) is 17.7 Å². The first kappa shape index (κ1) is 18.8. The molecule has 4 rings (SSSR count). The zero-order valence-electron chi connectivity index (χ0n) is 15.8. The number of ether oxygens (including phenoxy) is 1. The number of nitrogens with one attached hydrogen (secondary N) is 1. The van der Waals surface area contributed by atoms with Crippen LogP contribution in [0.4, 0.5) is 14.7 Å². The van der Waals surface area contributed by atoms with Crippen molar-refractivity contribution in [1.29, 1.82) is 0 Å². The maximum absolute atomic E-state index is 14.0. The molecule has 29 heavy (non-hydrogen) atoms. The Bertz CT molecular complexity index is 1110. The number of rotatable bonds is 4. The van der Waals surface area contributed by atoms with Gasteiger partial charge in [-0.15, -0.1) is 5.10 Å². The van der Waals surface area contributed by atoms with Crippen molar-refractivity contribution < 1.29 is 18.3 Å². The van der Waals surface area contributed by atoms with Gasteiger partial charge >= 0.3 is 5.97 Å². The normalized spacial score (nSPS) is 15.7. The minimum absolute atomic E-state index is 0.205. The second-order valence-electron chi connectivity index (χ2n) is 6.55. The molecule has 0 spiro atoms. The number of halogens is 2. The van der Waals surface area contributed by atoms with Crippen LogP contribution in [-0.4, -0.2) is 27.3 Å². The molecule has 2 heterocycles. The Labute approximate surface area is 165 Å². The Kier molecular flexibility index (Phi) is 4.84. The largest absolute Gasteiger partial charge is 0.463 e. The first-order valence-electron chi connectivity index (χ1n) is 9.10. The van der Waals surface area contributed by atoms with Crippen molar-refractivity contribution >= 4 is 11.9 Å². The molecule has 0 amide bonds. The van der Waals surface area contributed by atoms with Gasteiger partial charge in [0.25, 0.3) is 0 Å². The Balaban J connectivity index is 1.86. The molecule has 1 aromatic heterocycles. The van der Waals surface area contributed by atoms with Crippen molar-refractivity contribution in [2.75, 3.05) is 11.9 Å². The van der Waals surface area contributed by atoms with Crippen LogP contribution >= 0.6 is 0 Å². The number of aromatic nitrogens is 3. The summed E-state index contributed by atoms with van der Waals surface area (Å²) in [4.78, 5) is 17.2. The lowest BCUT2D eigenvalue weighted by molar-refractivity contribution is -0.139. The molecule has 2 aromatic carbocycles. The standard InChI is InChI=1S/C21H18F2N4O2/c1-3-29-20(28)17-12(2)24-21-25-19(13-7-9-15(22)10-8-13)26-27(21)18(17)14-5-4-6-16(23)11-14/h4-11,18H,3H2,1-2H3,(H,24,25,26). The highest BCUT2D eigenvalue weighted by molar-refractivity contribution is 5.92. The number of carbonyl (C=O) groups is 1. The van der Waals surface area contributed by atoms with E-state index >= 15 is 0 Å². The molecule has 1 atom stereocenters. The van der Waals surface area contributed by atoms with Crippen molar-refractivity contribution in [3.63, 3.8) is 0 Å². The van der Waals surface area contributed by atoms with Gasteiger partial charge in [0.05, 0.1) is 12.2 Å². The summed E-state index contributed by atoms with van der Waals surface area (Å²) in [5.74, 6) is -0.565. The summed E-state index contributed by atoms with van der Waals surface area (Å²) in [7, 11) is 0. The number of hydrogen-bond donors (Lipinski definition) is 1. The molecule has 3 aromatic rings. The van der Waals surface area contributed by atoms with Gasteiger partial charge in [-0.1, -0.05) is 12.1 Å². The molecule has 8 heteroatoms. The molecule has 0 radical (unpaired) electrons. The third kappa shape index (κ3) is 3.49. The fourth-order valence-corrected chi connectivity index (χ4v) is 3.33. The number of benzene rings is 2. The van der Waals surface area contributed by atoms with Crippen LogP contribution in [0.25, 0.3) is 11.4 Å². The predicted molar refractivity (Wildman–Crippen MR) is 103 cm³/mol. The summed E-state index contributed by atoms with van der Waals surface area (Å²) in [6.07, 6.45) is 0. The van der Waals surface area contributed by atoms with Crippen LogP contribution in [0.3, 0.4) is 0 Å². The van der Waals surface area contributed by atoms with Gasteiger partial charge in [-0.3, -0.25) is 0 Å². The molecule has 6 nitrogen and oxygen atoms in total. The van der Waals surface area contributed by atoms with Gasteiger partial charge in [0, 0.05) is 11.3 Å². The van der Waals surface area contributed by atoms with Crippen molar-refractivity contribution in [2.45, 2.75) is 19.9 Å². The van der Waals surface area contributed by atoms with Crippen molar-refractivity contribution in [2.24, 2.45) is 0 Å². The Morgan fingerprint density at radius 2 is 1.93 bits per heavy atom. The number of hydrogen-bond acceptors (Lipinski definition) is 5. The Hall–Kier alpha value is -3.55. The van der Waals surface area contributed by atoms with Gasteiger partial charge < -0.3 is 10.1 Å². The maximum Gasteiger partial charge on any atom is 0.338 e. The first-order chi connectivity index (χ1) is 14.0. The van der Waals surface area contributed by atoms with E-state index in [4.69, 9.17) is 4.74 Å². The fourth-order valence-electron chi connectivity index (χ4n) is 3.33. The summed E-state index contributed by atoms with van der Waals surface area (Å²) in [6.45, 7) is 3.65. The van der Waals surface area contributed by atoms with Gasteiger partial charge in [0.15, 0.2) is 5.82 Å². The molecule has 1 aliphatic heterocycles. The molecule has 0 aliphatic carbocycles. The summed E-state index contributed by atoms with van der Waals surface area (Å²) >= 11 is 0. The lowest BCUT2D eigenvalue weighted by atomic mass is 9.96. The highest BCUT2D eigenvalue weighted by Crippen LogP contribution is 2.37. The maximum atomic E-state index is 14.0. The van der Waals surface area contributed by atoms with Crippen LogP contribution in [-0.2, 0) is 9.53 Å². The SMILES string of the molecule is CCOC(=O)C1=C(C)Nc2nc(-c3ccc(F)cc3)nn2C1c1cccc(F)c1. The number of esters is 1. The molecule has 1 aliphatic rings. The Morgan fingerprint density at radius 3 is 2.62 bits per heavy atom. The molecular weight excluding hydrogens is 378 g/mol. The average Bonchev–Trinajstić information content (AvgIpc) is 3.11. The second-order valence-corrected chi connectivity index (χ2v) is 6.55. The van der Waals surface area contributed by atoms with E-state index < -0.39 is 17.8 Å². The van der Waals surface area contributed by atoms with Gasteiger partial charge in [0.2, 0.25) is 5.95 Å². The van der Waals surface area contributed by atoms with Crippen LogP contribution in [0.1, 0.15) is 25.5 Å². The molecule has 0 fully saturated rings. The minimum atomic E-state index is -0.720. The number of anilines is 1. The van der Waals surface area contributed by atoms with Crippen LogP contribution in [0, 0.1) is 11.6 Å². The van der Waals surface area contributed by atoms with E-state index in [1.165, 1.54) is 28.9 Å². The molecule has 0 bridgehead atoms. The minimum Gasteiger partial charge on any atom is -0.463 e. The highest BCUT2D eigenvalue weighted by Gasteiger charge is 2.35. The quantitative estimate of drug-likeness (QED) is 0.673. The van der Waals surface area contributed by atoms with Crippen molar-refractivity contribution in [1.82, 2.24) is 14.8 Å². The Morgan fingerprint density at radius 1 is 1.17 bits per heavy atom. The third-order valence-corrected chi connectivity index (χ3v) is 4.61. The summed E-state index contributed by atoms with van der Waals surface area (Å²) in [5, 5.41) is 7.59. The molecule has 1 unspecified atom stereocenters. The van der Waals surface area contributed by atoms with E-state index in [2.05, 4.69) is 15.4 Å². The highest BCUT2D eigenvalue weighted by atomic mass is 19.1. The monoisotopic (exact) mass is 396 g/mol. The van der Waals surface area contributed by atoms with Crippen LogP contribution in [0.5, 0.6) is 0 Å². The van der Waals surface area contributed by atoms with Gasteiger partial charge in [-0.05, 0) is 55.8 Å². The number of fused-ring (bicyclic) bond motifs is 1. The van der Waals surface area contributed by atoms with Crippen molar-refractivity contribution in [3.8, 4) is 11.4 Å². The second kappa shape index (κ2) is 7.46. The molecule has 0 saturated carbocycles. The smallest absolute Gasteiger partial charge is 0.338 e. The number of carbonyl (C=O) groups excluding carboxylic acids is 1. The number of allylic oxidation sites excluding steroid dienone is 1. The first-order valence-corrected chi connectivity index (χ1v) is 9.10. The number of nitrogens with zero attached hydrogens (tertiary/aromatic N) is 3. The average molecular weight is 396 g/mol. The van der Waals surface area contributed by atoms with Crippen LogP contribution < -0.4 is 5.32 Å². The zero-order valence-corrected chi connectivity index (χ0v) is 15.8. The summed E-state index contributed by atoms with van der Waals surface area (Å²) in [5.41, 5.74) is 2.01. The van der Waals surface area contributed by atoms with E-state index in [1.54, 1.807) is 38.1 Å². The lowest BCUT2D eigenvalue weighted by Crippen LogP contribution is -2.29.